The molecule has 0 radical (unpaired) electrons. The lowest BCUT2D eigenvalue weighted by atomic mass is 10.0. The van der Waals surface area contributed by atoms with Crippen molar-refractivity contribution in [3.05, 3.63) is 74.9 Å². The van der Waals surface area contributed by atoms with E-state index < -0.39 is 0 Å². The van der Waals surface area contributed by atoms with Gasteiger partial charge in [-0.25, -0.2) is 4.98 Å². The van der Waals surface area contributed by atoms with Gasteiger partial charge < -0.3 is 10.1 Å². The molecule has 4 rings (SSSR count). The molecule has 0 saturated heterocycles. The summed E-state index contributed by atoms with van der Waals surface area (Å²) in [5, 5.41) is 9.64. The van der Waals surface area contributed by atoms with E-state index in [4.69, 9.17) is 32.9 Å². The van der Waals surface area contributed by atoms with E-state index in [2.05, 4.69) is 43.3 Å². The highest BCUT2D eigenvalue weighted by Crippen LogP contribution is 2.28. The summed E-state index contributed by atoms with van der Waals surface area (Å²) in [6.07, 6.45) is 0.821. The predicted octanol–water partition coefficient (Wildman–Crippen LogP) is 6.76. The summed E-state index contributed by atoms with van der Waals surface area (Å²) in [6, 6.07) is 13.1. The smallest absolute Gasteiger partial charge is 0.225 e. The summed E-state index contributed by atoms with van der Waals surface area (Å²) in [6.45, 7) is 8.45. The minimum absolute atomic E-state index is 0.128. The average Bonchev–Trinajstić information content (AvgIpc) is 3.13. The number of benzene rings is 2. The van der Waals surface area contributed by atoms with E-state index in [1.165, 1.54) is 5.56 Å². The first-order chi connectivity index (χ1) is 16.2. The molecule has 2 aromatic carbocycles. The van der Waals surface area contributed by atoms with Crippen molar-refractivity contribution in [1.29, 1.82) is 0 Å². The number of carbonyl (C=O) groups excluding carboxylic acids is 1. The van der Waals surface area contributed by atoms with Gasteiger partial charge in [-0.3, -0.25) is 4.79 Å². The van der Waals surface area contributed by atoms with E-state index in [1.807, 2.05) is 19.1 Å². The van der Waals surface area contributed by atoms with E-state index in [-0.39, 0.29) is 12.3 Å². The number of amides is 1. The maximum atomic E-state index is 12.6. The minimum atomic E-state index is -0.128. The Kier molecular flexibility index (Phi) is 7.10. The third-order valence-corrected chi connectivity index (χ3v) is 5.99. The van der Waals surface area contributed by atoms with Crippen molar-refractivity contribution >= 4 is 45.8 Å². The minimum Gasteiger partial charge on any atom is -0.492 e. The van der Waals surface area contributed by atoms with Crippen LogP contribution in [0.15, 0.2) is 42.5 Å². The number of rotatable bonds is 7. The quantitative estimate of drug-likeness (QED) is 0.287. The van der Waals surface area contributed by atoms with E-state index in [9.17, 15) is 4.79 Å². The number of hydrogen-bond donors (Lipinski definition) is 1. The highest BCUT2D eigenvalue weighted by atomic mass is 35.5. The van der Waals surface area contributed by atoms with E-state index >= 15 is 0 Å². The van der Waals surface area contributed by atoms with Crippen molar-refractivity contribution in [3.8, 4) is 11.6 Å². The highest BCUT2D eigenvalue weighted by molar-refractivity contribution is 6.35. The van der Waals surface area contributed by atoms with Crippen molar-refractivity contribution in [2.75, 3.05) is 11.9 Å². The molecule has 0 unspecified atom stereocenters. The predicted molar refractivity (Wildman–Crippen MR) is 138 cm³/mol. The van der Waals surface area contributed by atoms with Crippen LogP contribution >= 0.6 is 23.2 Å². The number of anilines is 1. The van der Waals surface area contributed by atoms with Crippen LogP contribution in [0.3, 0.4) is 0 Å². The number of halogens is 2. The lowest BCUT2D eigenvalue weighted by Gasteiger charge is -2.12. The van der Waals surface area contributed by atoms with Crippen LogP contribution < -0.4 is 10.1 Å². The number of nitrogens with zero attached hydrogens (tertiary/aromatic N) is 3. The fourth-order valence-corrected chi connectivity index (χ4v) is 4.37. The molecule has 0 aliphatic rings. The summed E-state index contributed by atoms with van der Waals surface area (Å²) in [5.41, 5.74) is 5.14. The Balaban J connectivity index is 1.46. The molecule has 0 aliphatic carbocycles. The third-order valence-electron chi connectivity index (χ3n) is 5.46. The molecular formula is C26H26Cl2N4O2. The normalized spacial score (nSPS) is 11.1. The molecular weight excluding hydrogens is 471 g/mol. The number of hydrogen-bond acceptors (Lipinski definition) is 4. The topological polar surface area (TPSA) is 69.0 Å². The monoisotopic (exact) mass is 496 g/mol. The number of nitrogens with one attached hydrogen (secondary N) is 1. The molecule has 0 bridgehead atoms. The molecule has 0 aliphatic heterocycles. The molecule has 1 N–H and O–H groups in total. The van der Waals surface area contributed by atoms with Crippen LogP contribution in [0.25, 0.3) is 16.7 Å². The van der Waals surface area contributed by atoms with E-state index in [0.717, 1.165) is 27.7 Å². The number of aryl methyl sites for hydroxylation is 4. The number of aromatic nitrogens is 3. The van der Waals surface area contributed by atoms with Crippen LogP contribution in [0, 0.1) is 27.7 Å². The molecule has 34 heavy (non-hydrogen) atoms. The van der Waals surface area contributed by atoms with Crippen molar-refractivity contribution in [3.63, 3.8) is 0 Å². The number of fused-ring (bicyclic) bond motifs is 1. The Morgan fingerprint density at radius 3 is 2.59 bits per heavy atom. The Labute approximate surface area is 208 Å². The molecule has 4 aromatic rings. The summed E-state index contributed by atoms with van der Waals surface area (Å²) < 4.78 is 7.35. The van der Waals surface area contributed by atoms with Crippen LogP contribution in [0.2, 0.25) is 10.0 Å². The van der Waals surface area contributed by atoms with E-state index in [0.29, 0.717) is 40.5 Å². The third kappa shape index (κ3) is 5.34. The van der Waals surface area contributed by atoms with Crippen LogP contribution in [0.1, 0.15) is 35.2 Å². The van der Waals surface area contributed by atoms with Gasteiger partial charge in [-0.05, 0) is 75.6 Å². The van der Waals surface area contributed by atoms with Crippen LogP contribution in [-0.4, -0.2) is 27.3 Å². The zero-order valence-corrected chi connectivity index (χ0v) is 21.1. The zero-order valence-electron chi connectivity index (χ0n) is 19.6. The maximum absolute atomic E-state index is 12.6. The van der Waals surface area contributed by atoms with Crippen molar-refractivity contribution < 1.29 is 9.53 Å². The lowest BCUT2D eigenvalue weighted by Crippen LogP contribution is -2.16. The van der Waals surface area contributed by atoms with Crippen molar-refractivity contribution in [2.45, 2.75) is 40.5 Å². The van der Waals surface area contributed by atoms with Gasteiger partial charge in [-0.1, -0.05) is 34.8 Å². The molecule has 0 spiro atoms. The average molecular weight is 497 g/mol. The fraction of sp³-hybridized carbons (Fsp3) is 0.269. The molecule has 2 heterocycles. The molecule has 1 amide bonds. The molecule has 0 saturated carbocycles. The summed E-state index contributed by atoms with van der Waals surface area (Å²) in [4.78, 5) is 17.5. The molecule has 6 nitrogen and oxygen atoms in total. The SMILES string of the molecule is Cc1cc(C)c2nc(-n3nc(C)cc3NC(=O)CCCOc3ccc(Cl)cc3Cl)cc(C)c2c1. The van der Waals surface area contributed by atoms with Gasteiger partial charge in [-0.15, -0.1) is 0 Å². The lowest BCUT2D eigenvalue weighted by molar-refractivity contribution is -0.116. The Morgan fingerprint density at radius 2 is 1.82 bits per heavy atom. The maximum Gasteiger partial charge on any atom is 0.225 e. The standard InChI is InChI=1S/C26H26Cl2N4O2/c1-15-10-17(3)26-20(11-15)16(2)12-23(30-26)32-24(13-18(4)31-32)29-25(33)6-5-9-34-22-8-7-19(27)14-21(22)28/h7-8,10-14H,5-6,9H2,1-4H3,(H,29,33). The van der Waals surface area contributed by atoms with Gasteiger partial charge in [0.15, 0.2) is 5.82 Å². The summed E-state index contributed by atoms with van der Waals surface area (Å²) >= 11 is 12.0. The first-order valence-electron chi connectivity index (χ1n) is 11.0. The molecule has 0 atom stereocenters. The Bertz CT molecular complexity index is 1380. The number of carbonyl (C=O) groups is 1. The van der Waals surface area contributed by atoms with Crippen LogP contribution in [-0.2, 0) is 4.79 Å². The highest BCUT2D eigenvalue weighted by Gasteiger charge is 2.14. The Morgan fingerprint density at radius 1 is 1.03 bits per heavy atom. The van der Waals surface area contributed by atoms with Gasteiger partial charge in [0.1, 0.15) is 11.6 Å². The fourth-order valence-electron chi connectivity index (χ4n) is 3.91. The summed E-state index contributed by atoms with van der Waals surface area (Å²) in [5.74, 6) is 1.67. The Hall–Kier alpha value is -3.09. The first-order valence-corrected chi connectivity index (χ1v) is 11.8. The van der Waals surface area contributed by atoms with Gasteiger partial charge in [-0.2, -0.15) is 9.78 Å². The second kappa shape index (κ2) is 10.0. The van der Waals surface area contributed by atoms with Gasteiger partial charge >= 0.3 is 0 Å². The van der Waals surface area contributed by atoms with Crippen molar-refractivity contribution in [2.24, 2.45) is 0 Å². The number of ether oxygens (including phenoxy) is 1. The van der Waals surface area contributed by atoms with E-state index in [1.54, 1.807) is 22.9 Å². The molecule has 0 fully saturated rings. The van der Waals surface area contributed by atoms with Crippen molar-refractivity contribution in [1.82, 2.24) is 14.8 Å². The first kappa shape index (κ1) is 24.0. The summed E-state index contributed by atoms with van der Waals surface area (Å²) in [7, 11) is 0. The second-order valence-electron chi connectivity index (χ2n) is 8.43. The zero-order chi connectivity index (χ0) is 24.4. The molecule has 8 heteroatoms. The second-order valence-corrected chi connectivity index (χ2v) is 9.28. The molecule has 2 aromatic heterocycles. The van der Waals surface area contributed by atoms with Gasteiger partial charge in [0.05, 0.1) is 22.8 Å². The van der Waals surface area contributed by atoms with Crippen LogP contribution in [0.5, 0.6) is 5.75 Å². The van der Waals surface area contributed by atoms with Crippen LogP contribution in [0.4, 0.5) is 5.82 Å². The molecule has 176 valence electrons. The largest absolute Gasteiger partial charge is 0.492 e. The van der Waals surface area contributed by atoms with Gasteiger partial charge in [0.25, 0.3) is 0 Å². The number of pyridine rings is 1. The van der Waals surface area contributed by atoms with Gasteiger partial charge in [0, 0.05) is 22.9 Å². The van der Waals surface area contributed by atoms with Gasteiger partial charge in [0.2, 0.25) is 5.91 Å².